The lowest BCUT2D eigenvalue weighted by Gasteiger charge is -2.07. The maximum atomic E-state index is 13.9. The predicted molar refractivity (Wildman–Crippen MR) is 125 cm³/mol. The van der Waals surface area contributed by atoms with Crippen molar-refractivity contribution in [2.45, 2.75) is 20.1 Å². The number of ether oxygens (including phenoxy) is 1. The molecule has 1 amide bonds. The summed E-state index contributed by atoms with van der Waals surface area (Å²) in [6.07, 6.45) is 3.33. The van der Waals surface area contributed by atoms with Crippen LogP contribution in [-0.2, 0) is 13.2 Å². The molecule has 34 heavy (non-hydrogen) atoms. The molecule has 0 atom stereocenters. The Morgan fingerprint density at radius 3 is 2.76 bits per heavy atom. The van der Waals surface area contributed by atoms with Gasteiger partial charge in [-0.05, 0) is 35.4 Å². The van der Waals surface area contributed by atoms with Crippen LogP contribution in [-0.4, -0.2) is 20.8 Å². The minimum absolute atomic E-state index is 0.0562. The molecular formula is C26H21FN4O3. The fourth-order valence-electron chi connectivity index (χ4n) is 3.76. The molecular weight excluding hydrogens is 435 g/mol. The Balaban J connectivity index is 1.29. The first-order valence-electron chi connectivity index (χ1n) is 10.7. The summed E-state index contributed by atoms with van der Waals surface area (Å²) in [6, 6.07) is 20.4. The average Bonchev–Trinajstić information content (AvgIpc) is 3.44. The number of fused-ring (bicyclic) bond motifs is 1. The van der Waals surface area contributed by atoms with Gasteiger partial charge >= 0.3 is 0 Å². The Morgan fingerprint density at radius 1 is 1.09 bits per heavy atom. The van der Waals surface area contributed by atoms with E-state index in [2.05, 4.69) is 39.8 Å². The second-order valence-electron chi connectivity index (χ2n) is 7.80. The Labute approximate surface area is 194 Å². The van der Waals surface area contributed by atoms with Crippen LogP contribution in [0.15, 0.2) is 83.6 Å². The summed E-state index contributed by atoms with van der Waals surface area (Å²) in [5.41, 5.74) is 2.17. The number of hydrogen-bond donors (Lipinski definition) is 1. The van der Waals surface area contributed by atoms with Crippen LogP contribution in [0.5, 0.6) is 5.75 Å². The topological polar surface area (TPSA) is 82.2 Å². The first kappa shape index (κ1) is 21.4. The molecule has 7 nitrogen and oxygen atoms in total. The molecule has 0 unspecified atom stereocenters. The van der Waals surface area contributed by atoms with Crippen molar-refractivity contribution in [1.29, 1.82) is 0 Å². The molecule has 3 aromatic carbocycles. The summed E-state index contributed by atoms with van der Waals surface area (Å²) < 4.78 is 26.3. The fourth-order valence-corrected chi connectivity index (χ4v) is 3.76. The van der Waals surface area contributed by atoms with Gasteiger partial charge in [-0.3, -0.25) is 9.48 Å². The molecule has 0 aliphatic rings. The van der Waals surface area contributed by atoms with E-state index in [4.69, 9.17) is 9.26 Å². The van der Waals surface area contributed by atoms with Gasteiger partial charge in [-0.25, -0.2) is 4.39 Å². The number of hydrogen-bond acceptors (Lipinski definition) is 5. The van der Waals surface area contributed by atoms with E-state index in [0.717, 1.165) is 16.3 Å². The Bertz CT molecular complexity index is 1470. The molecule has 2 aromatic heterocycles. The standard InChI is InChI=1S/C26H21FN4O3/c1-17-22(16-33-24-12-5-4-11-23(24)27)25(30-34-17)26(32)29-20-13-28-31(15-20)14-19-9-6-8-18-7-2-3-10-21(18)19/h2-13,15H,14,16H2,1H3,(H,29,32). The first-order valence-corrected chi connectivity index (χ1v) is 10.7. The maximum absolute atomic E-state index is 13.9. The van der Waals surface area contributed by atoms with Crippen molar-refractivity contribution >= 4 is 22.4 Å². The van der Waals surface area contributed by atoms with Crippen LogP contribution >= 0.6 is 0 Å². The molecule has 0 bridgehead atoms. The van der Waals surface area contributed by atoms with Crippen LogP contribution in [0.2, 0.25) is 0 Å². The summed E-state index contributed by atoms with van der Waals surface area (Å²) in [5, 5.41) is 13.3. The second-order valence-corrected chi connectivity index (χ2v) is 7.80. The zero-order valence-electron chi connectivity index (χ0n) is 18.4. The Kier molecular flexibility index (Phi) is 5.78. The normalized spacial score (nSPS) is 11.0. The van der Waals surface area contributed by atoms with Crippen LogP contribution in [0.4, 0.5) is 10.1 Å². The van der Waals surface area contributed by atoms with Gasteiger partial charge in [0.05, 0.1) is 24.0 Å². The largest absolute Gasteiger partial charge is 0.486 e. The van der Waals surface area contributed by atoms with Gasteiger partial charge < -0.3 is 14.6 Å². The summed E-state index contributed by atoms with van der Waals surface area (Å²) in [5.74, 6) is -0.438. The summed E-state index contributed by atoms with van der Waals surface area (Å²) in [7, 11) is 0. The highest BCUT2D eigenvalue weighted by atomic mass is 19.1. The van der Waals surface area contributed by atoms with Gasteiger partial charge in [0.1, 0.15) is 12.4 Å². The van der Waals surface area contributed by atoms with Crippen molar-refractivity contribution in [3.8, 4) is 5.75 Å². The van der Waals surface area contributed by atoms with Crippen LogP contribution in [0, 0.1) is 12.7 Å². The van der Waals surface area contributed by atoms with Crippen molar-refractivity contribution in [2.24, 2.45) is 0 Å². The maximum Gasteiger partial charge on any atom is 0.278 e. The van der Waals surface area contributed by atoms with Crippen LogP contribution in [0.3, 0.4) is 0 Å². The molecule has 1 N–H and O–H groups in total. The number of rotatable bonds is 7. The minimum atomic E-state index is -0.485. The summed E-state index contributed by atoms with van der Waals surface area (Å²) in [4.78, 5) is 12.9. The van der Waals surface area contributed by atoms with E-state index < -0.39 is 11.7 Å². The number of para-hydroxylation sites is 1. The van der Waals surface area contributed by atoms with Crippen molar-refractivity contribution in [1.82, 2.24) is 14.9 Å². The molecule has 5 aromatic rings. The molecule has 0 spiro atoms. The van der Waals surface area contributed by atoms with E-state index in [0.29, 0.717) is 23.6 Å². The van der Waals surface area contributed by atoms with E-state index >= 15 is 0 Å². The molecule has 5 rings (SSSR count). The lowest BCUT2D eigenvalue weighted by molar-refractivity contribution is 0.101. The number of aryl methyl sites for hydroxylation is 1. The predicted octanol–water partition coefficient (Wildman–Crippen LogP) is 5.35. The highest BCUT2D eigenvalue weighted by Gasteiger charge is 2.21. The van der Waals surface area contributed by atoms with Gasteiger partial charge in [0, 0.05) is 6.20 Å². The number of anilines is 1. The first-order chi connectivity index (χ1) is 16.6. The lowest BCUT2D eigenvalue weighted by atomic mass is 10.0. The average molecular weight is 456 g/mol. The molecule has 0 radical (unpaired) electrons. The van der Waals surface area contributed by atoms with E-state index in [1.165, 1.54) is 12.1 Å². The van der Waals surface area contributed by atoms with Crippen LogP contribution in [0.25, 0.3) is 10.8 Å². The number of halogens is 1. The highest BCUT2D eigenvalue weighted by Crippen LogP contribution is 2.22. The SMILES string of the molecule is Cc1onc(C(=O)Nc2cnn(Cc3cccc4ccccc34)c2)c1COc1ccccc1F. The number of carbonyl (C=O) groups excluding carboxylic acids is 1. The molecule has 170 valence electrons. The van der Waals surface area contributed by atoms with Gasteiger partial charge in [0.25, 0.3) is 5.91 Å². The molecule has 0 aliphatic carbocycles. The molecule has 0 aliphatic heterocycles. The third kappa shape index (κ3) is 4.38. The number of amides is 1. The molecule has 0 saturated heterocycles. The number of aromatic nitrogens is 3. The van der Waals surface area contributed by atoms with Crippen molar-refractivity contribution < 1.29 is 18.4 Å². The summed E-state index contributed by atoms with van der Waals surface area (Å²) in [6.45, 7) is 2.17. The minimum Gasteiger partial charge on any atom is -0.486 e. The molecule has 2 heterocycles. The van der Waals surface area contributed by atoms with Gasteiger partial charge in [0.2, 0.25) is 0 Å². The third-order valence-electron chi connectivity index (χ3n) is 5.51. The van der Waals surface area contributed by atoms with Gasteiger partial charge in [-0.1, -0.05) is 59.8 Å². The Hall–Kier alpha value is -4.46. The molecule has 8 heteroatoms. The monoisotopic (exact) mass is 456 g/mol. The van der Waals surface area contributed by atoms with Crippen molar-refractivity contribution in [3.63, 3.8) is 0 Å². The highest BCUT2D eigenvalue weighted by molar-refractivity contribution is 6.03. The number of benzene rings is 3. The van der Waals surface area contributed by atoms with Crippen LogP contribution < -0.4 is 10.1 Å². The summed E-state index contributed by atoms with van der Waals surface area (Å²) >= 11 is 0. The zero-order chi connectivity index (χ0) is 23.5. The molecule has 0 saturated carbocycles. The van der Waals surface area contributed by atoms with Crippen molar-refractivity contribution in [2.75, 3.05) is 5.32 Å². The van der Waals surface area contributed by atoms with E-state index in [9.17, 15) is 9.18 Å². The van der Waals surface area contributed by atoms with E-state index in [1.807, 2.05) is 18.2 Å². The lowest BCUT2D eigenvalue weighted by Crippen LogP contribution is -2.15. The number of nitrogens with one attached hydrogen (secondary N) is 1. The van der Waals surface area contributed by atoms with Gasteiger partial charge in [0.15, 0.2) is 17.3 Å². The van der Waals surface area contributed by atoms with Gasteiger partial charge in [-0.2, -0.15) is 5.10 Å². The van der Waals surface area contributed by atoms with Crippen LogP contribution in [0.1, 0.15) is 27.4 Å². The van der Waals surface area contributed by atoms with E-state index in [1.54, 1.807) is 36.1 Å². The second kappa shape index (κ2) is 9.19. The Morgan fingerprint density at radius 2 is 1.88 bits per heavy atom. The fraction of sp³-hybridized carbons (Fsp3) is 0.115. The number of carbonyl (C=O) groups is 1. The zero-order valence-corrected chi connectivity index (χ0v) is 18.4. The van der Waals surface area contributed by atoms with E-state index in [-0.39, 0.29) is 18.1 Å². The quantitative estimate of drug-likeness (QED) is 0.357. The van der Waals surface area contributed by atoms with Crippen molar-refractivity contribution in [3.05, 3.63) is 108 Å². The number of nitrogens with zero attached hydrogens (tertiary/aromatic N) is 3. The smallest absolute Gasteiger partial charge is 0.278 e. The third-order valence-corrected chi connectivity index (χ3v) is 5.51. The molecule has 0 fully saturated rings. The van der Waals surface area contributed by atoms with Gasteiger partial charge in [-0.15, -0.1) is 0 Å².